The van der Waals surface area contributed by atoms with Gasteiger partial charge in [-0.1, -0.05) is 25.1 Å². The van der Waals surface area contributed by atoms with Crippen molar-refractivity contribution in [2.24, 2.45) is 5.92 Å². The van der Waals surface area contributed by atoms with Gasteiger partial charge in [0.1, 0.15) is 0 Å². The zero-order chi connectivity index (χ0) is 10.3. The first kappa shape index (κ1) is 9.25. The normalized spacial score (nSPS) is 24.7. The van der Waals surface area contributed by atoms with Gasteiger partial charge in [0.15, 0.2) is 0 Å². The molecule has 0 aliphatic heterocycles. The maximum Gasteiger partial charge on any atom is 0.311 e. The van der Waals surface area contributed by atoms with Crippen LogP contribution >= 0.6 is 0 Å². The maximum atomic E-state index is 11.1. The molecule has 2 rings (SSSR count). The molecule has 74 valence electrons. The van der Waals surface area contributed by atoms with Gasteiger partial charge in [0.05, 0.1) is 5.92 Å². The minimum Gasteiger partial charge on any atom is -0.481 e. The lowest BCUT2D eigenvalue weighted by Crippen LogP contribution is -2.14. The van der Waals surface area contributed by atoms with Crippen LogP contribution in [0.25, 0.3) is 0 Å². The van der Waals surface area contributed by atoms with E-state index in [1.54, 1.807) is 0 Å². The number of hydrogen-bond acceptors (Lipinski definition) is 1. The average Bonchev–Trinajstić information content (AvgIpc) is 2.42. The highest BCUT2D eigenvalue weighted by Crippen LogP contribution is 2.39. The van der Waals surface area contributed by atoms with Crippen molar-refractivity contribution in [3.63, 3.8) is 0 Å². The number of aliphatic carboxylic acids is 1. The summed E-state index contributed by atoms with van der Waals surface area (Å²) in [5.41, 5.74) is 3.48. The molecule has 2 atom stereocenters. The summed E-state index contributed by atoms with van der Waals surface area (Å²) < 4.78 is 0. The Balaban J connectivity index is 2.53. The van der Waals surface area contributed by atoms with Crippen LogP contribution in [0.1, 0.15) is 29.5 Å². The predicted molar refractivity (Wildman–Crippen MR) is 54.4 cm³/mol. The van der Waals surface area contributed by atoms with Gasteiger partial charge in [0.25, 0.3) is 0 Å². The number of aryl methyl sites for hydroxylation is 1. The third-order valence-corrected chi connectivity index (χ3v) is 3.14. The van der Waals surface area contributed by atoms with Crippen molar-refractivity contribution in [1.29, 1.82) is 0 Å². The van der Waals surface area contributed by atoms with E-state index in [0.717, 1.165) is 12.0 Å². The topological polar surface area (TPSA) is 37.3 Å². The second-order valence-corrected chi connectivity index (χ2v) is 4.14. The summed E-state index contributed by atoms with van der Waals surface area (Å²) in [5, 5.41) is 9.12. The summed E-state index contributed by atoms with van der Waals surface area (Å²) in [5.74, 6) is -0.768. The van der Waals surface area contributed by atoms with Crippen LogP contribution in [0.4, 0.5) is 0 Å². The maximum absolute atomic E-state index is 11.1. The van der Waals surface area contributed by atoms with E-state index in [0.29, 0.717) is 0 Å². The van der Waals surface area contributed by atoms with E-state index in [1.807, 2.05) is 19.1 Å². The number of carbonyl (C=O) groups is 1. The Labute approximate surface area is 83.6 Å². The first-order valence-electron chi connectivity index (χ1n) is 4.92. The summed E-state index contributed by atoms with van der Waals surface area (Å²) in [7, 11) is 0. The van der Waals surface area contributed by atoms with Gasteiger partial charge in [-0.05, 0) is 36.0 Å². The Bertz CT molecular complexity index is 382. The number of carboxylic acid groups (broad SMARTS) is 1. The van der Waals surface area contributed by atoms with Crippen molar-refractivity contribution in [3.05, 3.63) is 34.9 Å². The van der Waals surface area contributed by atoms with Crippen LogP contribution in [0.15, 0.2) is 18.2 Å². The van der Waals surface area contributed by atoms with Crippen molar-refractivity contribution >= 4 is 5.97 Å². The zero-order valence-corrected chi connectivity index (χ0v) is 8.45. The minimum atomic E-state index is -0.693. The summed E-state index contributed by atoms with van der Waals surface area (Å²) in [6, 6.07) is 5.95. The van der Waals surface area contributed by atoms with Crippen molar-refractivity contribution in [3.8, 4) is 0 Å². The molecule has 2 heteroatoms. The molecule has 0 aromatic heterocycles. The lowest BCUT2D eigenvalue weighted by molar-refractivity contribution is -0.139. The van der Waals surface area contributed by atoms with Gasteiger partial charge >= 0.3 is 5.97 Å². The largest absolute Gasteiger partial charge is 0.481 e. The second-order valence-electron chi connectivity index (χ2n) is 4.14. The smallest absolute Gasteiger partial charge is 0.311 e. The number of benzene rings is 1. The molecular formula is C12H14O2. The molecule has 0 bridgehead atoms. The van der Waals surface area contributed by atoms with E-state index in [4.69, 9.17) is 5.11 Å². The van der Waals surface area contributed by atoms with Gasteiger partial charge in [-0.15, -0.1) is 0 Å². The molecule has 0 saturated carbocycles. The number of fused-ring (bicyclic) bond motifs is 1. The first-order valence-corrected chi connectivity index (χ1v) is 4.92. The van der Waals surface area contributed by atoms with Gasteiger partial charge in [0, 0.05) is 0 Å². The molecule has 2 nitrogen and oxygen atoms in total. The van der Waals surface area contributed by atoms with Crippen molar-refractivity contribution in [2.75, 3.05) is 0 Å². The van der Waals surface area contributed by atoms with Crippen LogP contribution in [-0.4, -0.2) is 11.1 Å². The van der Waals surface area contributed by atoms with Crippen LogP contribution in [-0.2, 0) is 11.2 Å². The predicted octanol–water partition coefficient (Wildman–Crippen LogP) is 2.36. The fourth-order valence-corrected chi connectivity index (χ4v) is 2.42. The number of carboxylic acids is 1. The first-order chi connectivity index (χ1) is 6.61. The van der Waals surface area contributed by atoms with Gasteiger partial charge in [-0.3, -0.25) is 4.79 Å². The van der Waals surface area contributed by atoms with Gasteiger partial charge < -0.3 is 5.11 Å². The summed E-state index contributed by atoms with van der Waals surface area (Å²) >= 11 is 0. The Morgan fingerprint density at radius 2 is 2.21 bits per heavy atom. The molecule has 0 spiro atoms. The van der Waals surface area contributed by atoms with E-state index < -0.39 is 5.97 Å². The monoisotopic (exact) mass is 190 g/mol. The highest BCUT2D eigenvalue weighted by molar-refractivity contribution is 5.78. The standard InChI is InChI=1S/C12H14O2/c1-7-4-3-5-9-10(7)6-8(2)11(9)12(13)14/h3-5,8,11H,6H2,1-2H3,(H,13,14). The van der Waals surface area contributed by atoms with E-state index >= 15 is 0 Å². The highest BCUT2D eigenvalue weighted by atomic mass is 16.4. The Kier molecular flexibility index (Phi) is 2.06. The van der Waals surface area contributed by atoms with E-state index in [2.05, 4.69) is 13.0 Å². The Morgan fingerprint density at radius 3 is 2.86 bits per heavy atom. The molecule has 1 N–H and O–H groups in total. The van der Waals surface area contributed by atoms with Crippen LogP contribution in [0.3, 0.4) is 0 Å². The van der Waals surface area contributed by atoms with Crippen molar-refractivity contribution in [2.45, 2.75) is 26.2 Å². The van der Waals surface area contributed by atoms with Gasteiger partial charge in [-0.2, -0.15) is 0 Å². The minimum absolute atomic E-state index is 0.226. The second kappa shape index (κ2) is 3.12. The highest BCUT2D eigenvalue weighted by Gasteiger charge is 2.35. The molecule has 1 aromatic carbocycles. The number of hydrogen-bond donors (Lipinski definition) is 1. The summed E-state index contributed by atoms with van der Waals surface area (Å²) in [4.78, 5) is 11.1. The molecule has 0 heterocycles. The third kappa shape index (κ3) is 1.22. The lowest BCUT2D eigenvalue weighted by Gasteiger charge is -2.10. The van der Waals surface area contributed by atoms with Gasteiger partial charge in [-0.25, -0.2) is 0 Å². The van der Waals surface area contributed by atoms with Crippen LogP contribution in [0.2, 0.25) is 0 Å². The molecule has 0 fully saturated rings. The molecule has 1 aliphatic carbocycles. The van der Waals surface area contributed by atoms with Crippen LogP contribution < -0.4 is 0 Å². The zero-order valence-electron chi connectivity index (χ0n) is 8.45. The van der Waals surface area contributed by atoms with Crippen molar-refractivity contribution in [1.82, 2.24) is 0 Å². The molecule has 1 aliphatic rings. The fourth-order valence-electron chi connectivity index (χ4n) is 2.42. The van der Waals surface area contributed by atoms with E-state index in [1.165, 1.54) is 11.1 Å². The number of rotatable bonds is 1. The molecule has 0 radical (unpaired) electrons. The quantitative estimate of drug-likeness (QED) is 0.738. The molecule has 0 saturated heterocycles. The Hall–Kier alpha value is -1.31. The van der Waals surface area contributed by atoms with Crippen LogP contribution in [0, 0.1) is 12.8 Å². The Morgan fingerprint density at radius 1 is 1.50 bits per heavy atom. The average molecular weight is 190 g/mol. The molecular weight excluding hydrogens is 176 g/mol. The molecule has 1 aromatic rings. The van der Waals surface area contributed by atoms with E-state index in [9.17, 15) is 4.79 Å². The lowest BCUT2D eigenvalue weighted by atomic mass is 9.94. The summed E-state index contributed by atoms with van der Waals surface area (Å²) in [6.45, 7) is 4.06. The third-order valence-electron chi connectivity index (χ3n) is 3.14. The van der Waals surface area contributed by atoms with Crippen molar-refractivity contribution < 1.29 is 9.90 Å². The van der Waals surface area contributed by atoms with E-state index in [-0.39, 0.29) is 11.8 Å². The van der Waals surface area contributed by atoms with Crippen LogP contribution in [0.5, 0.6) is 0 Å². The summed E-state index contributed by atoms with van der Waals surface area (Å²) in [6.07, 6.45) is 0.902. The SMILES string of the molecule is Cc1cccc2c1CC(C)C2C(=O)O. The van der Waals surface area contributed by atoms with Gasteiger partial charge in [0.2, 0.25) is 0 Å². The molecule has 2 unspecified atom stereocenters. The molecule has 0 amide bonds. The molecule has 14 heavy (non-hydrogen) atoms. The fraction of sp³-hybridized carbons (Fsp3) is 0.417.